The van der Waals surface area contributed by atoms with Crippen LogP contribution in [0.5, 0.6) is 5.75 Å². The predicted molar refractivity (Wildman–Crippen MR) is 118 cm³/mol. The molecule has 0 unspecified atom stereocenters. The minimum absolute atomic E-state index is 0.107. The van der Waals surface area contributed by atoms with Crippen LogP contribution in [-0.4, -0.2) is 32.4 Å². The summed E-state index contributed by atoms with van der Waals surface area (Å²) in [5.41, 5.74) is 9.75. The van der Waals surface area contributed by atoms with Gasteiger partial charge in [0.1, 0.15) is 18.1 Å². The Bertz CT molecular complexity index is 1190. The number of hydrogen-bond acceptors (Lipinski definition) is 5. The van der Waals surface area contributed by atoms with Crippen molar-refractivity contribution in [1.82, 2.24) is 14.8 Å². The Kier molecular flexibility index (Phi) is 6.05. The van der Waals surface area contributed by atoms with E-state index in [-0.39, 0.29) is 5.69 Å². The first kappa shape index (κ1) is 20.3. The molecule has 31 heavy (non-hydrogen) atoms. The standard InChI is InChI=1S/C24H22N4O3/c25-10-12-28-23(24(29)30)15-22(27-28)19-9-11-26-21(14-19)18-7-4-8-20(13-18)31-16-17-5-2-1-3-6-17/h1-9,11,13-15H,10,12,16,25H2,(H,29,30). The second-order valence-corrected chi connectivity index (χ2v) is 6.96. The lowest BCUT2D eigenvalue weighted by molar-refractivity contribution is 0.0683. The molecule has 7 heteroatoms. The first-order valence-electron chi connectivity index (χ1n) is 9.89. The van der Waals surface area contributed by atoms with Gasteiger partial charge < -0.3 is 15.6 Å². The van der Waals surface area contributed by atoms with Crippen LogP contribution in [0.15, 0.2) is 79.0 Å². The molecule has 2 heterocycles. The molecule has 4 rings (SSSR count). The van der Waals surface area contributed by atoms with E-state index in [4.69, 9.17) is 10.5 Å². The van der Waals surface area contributed by atoms with E-state index >= 15 is 0 Å². The first-order chi connectivity index (χ1) is 15.1. The van der Waals surface area contributed by atoms with Gasteiger partial charge in [0, 0.05) is 23.9 Å². The van der Waals surface area contributed by atoms with E-state index in [1.807, 2.05) is 60.7 Å². The zero-order valence-corrected chi connectivity index (χ0v) is 16.8. The van der Waals surface area contributed by atoms with Crippen molar-refractivity contribution in [3.63, 3.8) is 0 Å². The number of carboxylic acids is 1. The van der Waals surface area contributed by atoms with Crippen LogP contribution in [0.2, 0.25) is 0 Å². The molecular weight excluding hydrogens is 392 g/mol. The lowest BCUT2D eigenvalue weighted by atomic mass is 10.1. The molecule has 4 aromatic rings. The van der Waals surface area contributed by atoms with E-state index in [9.17, 15) is 9.90 Å². The number of aromatic carboxylic acids is 1. The summed E-state index contributed by atoms with van der Waals surface area (Å²) in [6.45, 7) is 1.12. The van der Waals surface area contributed by atoms with Gasteiger partial charge in [-0.05, 0) is 35.9 Å². The van der Waals surface area contributed by atoms with Crippen molar-refractivity contribution in [2.75, 3.05) is 6.54 Å². The second-order valence-electron chi connectivity index (χ2n) is 6.96. The Morgan fingerprint density at radius 1 is 0.968 bits per heavy atom. The summed E-state index contributed by atoms with van der Waals surface area (Å²) in [6.07, 6.45) is 1.69. The molecule has 7 nitrogen and oxygen atoms in total. The van der Waals surface area contributed by atoms with E-state index in [2.05, 4.69) is 10.1 Å². The van der Waals surface area contributed by atoms with Gasteiger partial charge in [-0.2, -0.15) is 5.10 Å². The number of nitrogens with zero attached hydrogens (tertiary/aromatic N) is 3. The number of aromatic nitrogens is 3. The van der Waals surface area contributed by atoms with E-state index < -0.39 is 5.97 Å². The van der Waals surface area contributed by atoms with Gasteiger partial charge in [-0.3, -0.25) is 9.67 Å². The lowest BCUT2D eigenvalue weighted by Crippen LogP contribution is -2.16. The maximum Gasteiger partial charge on any atom is 0.354 e. The van der Waals surface area contributed by atoms with Crippen molar-refractivity contribution in [2.24, 2.45) is 5.73 Å². The van der Waals surface area contributed by atoms with Crippen LogP contribution in [0.25, 0.3) is 22.5 Å². The molecule has 156 valence electrons. The lowest BCUT2D eigenvalue weighted by Gasteiger charge is -2.09. The van der Waals surface area contributed by atoms with Gasteiger partial charge in [0.2, 0.25) is 0 Å². The zero-order valence-electron chi connectivity index (χ0n) is 16.8. The van der Waals surface area contributed by atoms with Crippen molar-refractivity contribution >= 4 is 5.97 Å². The van der Waals surface area contributed by atoms with Gasteiger partial charge in [-0.25, -0.2) is 4.79 Å². The summed E-state index contributed by atoms with van der Waals surface area (Å²) in [7, 11) is 0. The summed E-state index contributed by atoms with van der Waals surface area (Å²) >= 11 is 0. The summed E-state index contributed by atoms with van der Waals surface area (Å²) in [6, 6.07) is 22.9. The highest BCUT2D eigenvalue weighted by Crippen LogP contribution is 2.27. The van der Waals surface area contributed by atoms with Gasteiger partial charge in [0.25, 0.3) is 0 Å². The SMILES string of the molecule is NCCn1nc(-c2ccnc(-c3cccc(OCc4ccccc4)c3)c2)cc1C(=O)O. The van der Waals surface area contributed by atoms with E-state index in [0.29, 0.717) is 25.4 Å². The topological polar surface area (TPSA) is 103 Å². The van der Waals surface area contributed by atoms with Crippen molar-refractivity contribution in [2.45, 2.75) is 13.2 Å². The molecular formula is C24H22N4O3. The van der Waals surface area contributed by atoms with Crippen LogP contribution in [-0.2, 0) is 13.2 Å². The zero-order chi connectivity index (χ0) is 21.6. The minimum Gasteiger partial charge on any atom is -0.489 e. The normalized spacial score (nSPS) is 10.7. The van der Waals surface area contributed by atoms with Crippen LogP contribution in [0.4, 0.5) is 0 Å². The molecule has 0 saturated heterocycles. The Morgan fingerprint density at radius 2 is 1.77 bits per heavy atom. The van der Waals surface area contributed by atoms with E-state index in [1.54, 1.807) is 18.3 Å². The second kappa shape index (κ2) is 9.23. The number of benzene rings is 2. The average molecular weight is 414 g/mol. The molecule has 0 aliphatic rings. The van der Waals surface area contributed by atoms with Crippen LogP contribution >= 0.6 is 0 Å². The third-order valence-electron chi connectivity index (χ3n) is 4.77. The number of pyridine rings is 1. The average Bonchev–Trinajstić information content (AvgIpc) is 3.23. The number of carboxylic acid groups (broad SMARTS) is 1. The molecule has 0 aliphatic heterocycles. The van der Waals surface area contributed by atoms with Crippen molar-refractivity contribution in [1.29, 1.82) is 0 Å². The third kappa shape index (κ3) is 4.79. The third-order valence-corrected chi connectivity index (χ3v) is 4.77. The van der Waals surface area contributed by atoms with Gasteiger partial charge in [-0.1, -0.05) is 42.5 Å². The molecule has 2 aromatic heterocycles. The van der Waals surface area contributed by atoms with Crippen LogP contribution in [0, 0.1) is 0 Å². The molecule has 0 atom stereocenters. The molecule has 0 bridgehead atoms. The molecule has 0 saturated carbocycles. The molecule has 3 N–H and O–H groups in total. The molecule has 0 radical (unpaired) electrons. The fraction of sp³-hybridized carbons (Fsp3) is 0.125. The number of rotatable bonds is 8. The molecule has 0 aliphatic carbocycles. The Labute approximate surface area is 179 Å². The fourth-order valence-corrected chi connectivity index (χ4v) is 3.26. The highest BCUT2D eigenvalue weighted by Gasteiger charge is 2.15. The van der Waals surface area contributed by atoms with Crippen LogP contribution < -0.4 is 10.5 Å². The van der Waals surface area contributed by atoms with Gasteiger partial charge in [-0.15, -0.1) is 0 Å². The smallest absolute Gasteiger partial charge is 0.354 e. The van der Waals surface area contributed by atoms with Gasteiger partial charge in [0.15, 0.2) is 0 Å². The quantitative estimate of drug-likeness (QED) is 0.454. The molecule has 0 spiro atoms. The van der Waals surface area contributed by atoms with Gasteiger partial charge >= 0.3 is 5.97 Å². The Morgan fingerprint density at radius 3 is 2.55 bits per heavy atom. The summed E-state index contributed by atoms with van der Waals surface area (Å²) < 4.78 is 7.33. The minimum atomic E-state index is -1.04. The van der Waals surface area contributed by atoms with Gasteiger partial charge in [0.05, 0.1) is 17.9 Å². The summed E-state index contributed by atoms with van der Waals surface area (Å²) in [5, 5.41) is 13.8. The molecule has 0 fully saturated rings. The summed E-state index contributed by atoms with van der Waals surface area (Å²) in [4.78, 5) is 16.0. The van der Waals surface area contributed by atoms with Crippen molar-refractivity contribution < 1.29 is 14.6 Å². The maximum absolute atomic E-state index is 11.5. The largest absolute Gasteiger partial charge is 0.489 e. The maximum atomic E-state index is 11.5. The van der Waals surface area contributed by atoms with E-state index in [0.717, 1.165) is 28.1 Å². The molecule has 2 aromatic carbocycles. The van der Waals surface area contributed by atoms with Crippen molar-refractivity contribution in [3.8, 4) is 28.3 Å². The number of hydrogen-bond donors (Lipinski definition) is 2. The summed E-state index contributed by atoms with van der Waals surface area (Å²) in [5.74, 6) is -0.293. The van der Waals surface area contributed by atoms with E-state index in [1.165, 1.54) is 4.68 Å². The fourth-order valence-electron chi connectivity index (χ4n) is 3.26. The van der Waals surface area contributed by atoms with Crippen LogP contribution in [0.1, 0.15) is 16.1 Å². The first-order valence-corrected chi connectivity index (χ1v) is 9.89. The monoisotopic (exact) mass is 414 g/mol. The number of ether oxygens (including phenoxy) is 1. The number of nitrogens with two attached hydrogens (primary N) is 1. The van der Waals surface area contributed by atoms with Crippen LogP contribution in [0.3, 0.4) is 0 Å². The predicted octanol–water partition coefficient (Wildman–Crippen LogP) is 3.85. The Balaban J connectivity index is 1.59. The Hall–Kier alpha value is -3.97. The van der Waals surface area contributed by atoms with Crippen molar-refractivity contribution in [3.05, 3.63) is 90.3 Å². The highest BCUT2D eigenvalue weighted by atomic mass is 16.5. The molecule has 0 amide bonds. The number of carbonyl (C=O) groups is 1. The highest BCUT2D eigenvalue weighted by molar-refractivity contribution is 5.87.